The number of hydrogen-bond donors (Lipinski definition) is 2. The number of hydrogen-bond acceptors (Lipinski definition) is 3. The minimum atomic E-state index is -0.449. The maximum Gasteiger partial charge on any atom is 0.407 e. The summed E-state index contributed by atoms with van der Waals surface area (Å²) in [5.41, 5.74) is 1.83. The molecule has 1 aromatic rings. The zero-order valence-corrected chi connectivity index (χ0v) is 14.1. The monoisotopic (exact) mass is 342 g/mol. The molecule has 0 atom stereocenters. The second-order valence-corrected chi connectivity index (χ2v) is 6.55. The average Bonchev–Trinajstić information content (AvgIpc) is 2.28. The predicted molar refractivity (Wildman–Crippen MR) is 86.2 cm³/mol. The van der Waals surface area contributed by atoms with Crippen LogP contribution in [0.2, 0.25) is 0 Å². The Morgan fingerprint density at radius 1 is 1.30 bits per heavy atom. The van der Waals surface area contributed by atoms with Crippen LogP contribution in [0.4, 0.5) is 10.5 Å². The van der Waals surface area contributed by atoms with Crippen molar-refractivity contribution in [1.82, 2.24) is 5.32 Å². The normalized spacial score (nSPS) is 11.1. The number of rotatable bonds is 5. The smallest absolute Gasteiger partial charge is 0.407 e. The van der Waals surface area contributed by atoms with Crippen LogP contribution in [0.25, 0.3) is 0 Å². The molecule has 0 radical (unpaired) electrons. The van der Waals surface area contributed by atoms with E-state index in [0.29, 0.717) is 6.54 Å². The van der Waals surface area contributed by atoms with Gasteiger partial charge in [-0.05, 0) is 67.7 Å². The lowest BCUT2D eigenvalue weighted by molar-refractivity contribution is 0.0528. The molecule has 0 aliphatic heterocycles. The summed E-state index contributed by atoms with van der Waals surface area (Å²) in [6.07, 6.45) is 0.466. The van der Waals surface area contributed by atoms with Crippen LogP contribution in [0.5, 0.6) is 0 Å². The maximum absolute atomic E-state index is 11.4. The Labute approximate surface area is 129 Å². The number of carbonyl (C=O) groups is 1. The summed E-state index contributed by atoms with van der Waals surface area (Å²) in [5, 5.41) is 6.06. The number of halogens is 1. The van der Waals surface area contributed by atoms with E-state index < -0.39 is 5.60 Å². The van der Waals surface area contributed by atoms with Gasteiger partial charge < -0.3 is 15.4 Å². The summed E-state index contributed by atoms with van der Waals surface area (Å²) in [6.45, 7) is 8.98. The van der Waals surface area contributed by atoms with Gasteiger partial charge in [0.1, 0.15) is 5.60 Å². The molecule has 0 spiro atoms. The number of ether oxygens (including phenoxy) is 1. The van der Waals surface area contributed by atoms with Crippen molar-refractivity contribution in [3.63, 3.8) is 0 Å². The van der Waals surface area contributed by atoms with Crippen LogP contribution < -0.4 is 10.6 Å². The minimum Gasteiger partial charge on any atom is -0.444 e. The largest absolute Gasteiger partial charge is 0.444 e. The first kappa shape index (κ1) is 16.8. The van der Waals surface area contributed by atoms with Crippen molar-refractivity contribution < 1.29 is 9.53 Å². The van der Waals surface area contributed by atoms with Gasteiger partial charge in [0.15, 0.2) is 0 Å². The lowest BCUT2D eigenvalue weighted by Gasteiger charge is -2.19. The maximum atomic E-state index is 11.4. The molecule has 2 N–H and O–H groups in total. The van der Waals surface area contributed by atoms with Crippen molar-refractivity contribution >= 4 is 27.7 Å². The third-order valence-corrected chi connectivity index (χ3v) is 3.12. The number of amides is 1. The summed E-state index contributed by atoms with van der Waals surface area (Å²) in [4.78, 5) is 11.4. The van der Waals surface area contributed by atoms with E-state index in [1.54, 1.807) is 0 Å². The molecule has 4 nitrogen and oxygen atoms in total. The van der Waals surface area contributed by atoms with Gasteiger partial charge in [0, 0.05) is 23.2 Å². The highest BCUT2D eigenvalue weighted by Crippen LogP contribution is 2.23. The van der Waals surface area contributed by atoms with Gasteiger partial charge in [-0.1, -0.05) is 6.07 Å². The Morgan fingerprint density at radius 2 is 2.00 bits per heavy atom. The van der Waals surface area contributed by atoms with Gasteiger partial charge in [0.2, 0.25) is 0 Å². The van der Waals surface area contributed by atoms with Gasteiger partial charge in [-0.15, -0.1) is 0 Å². The molecule has 20 heavy (non-hydrogen) atoms. The van der Waals surface area contributed by atoms with Gasteiger partial charge in [-0.2, -0.15) is 0 Å². The van der Waals surface area contributed by atoms with Crippen LogP contribution in [0.3, 0.4) is 0 Å². The van der Waals surface area contributed by atoms with Crippen LogP contribution in [0.15, 0.2) is 22.7 Å². The van der Waals surface area contributed by atoms with Gasteiger partial charge in [-0.3, -0.25) is 0 Å². The first-order valence-corrected chi connectivity index (χ1v) is 7.54. The molecule has 1 rings (SSSR count). The van der Waals surface area contributed by atoms with Crippen molar-refractivity contribution in [2.24, 2.45) is 0 Å². The zero-order chi connectivity index (χ0) is 15.2. The molecule has 0 unspecified atom stereocenters. The lowest BCUT2D eigenvalue weighted by atomic mass is 10.2. The number of carbonyl (C=O) groups excluding carboxylic acids is 1. The van der Waals surface area contributed by atoms with Gasteiger partial charge in [-0.25, -0.2) is 4.79 Å². The van der Waals surface area contributed by atoms with E-state index in [0.717, 1.165) is 23.1 Å². The van der Waals surface area contributed by atoms with Gasteiger partial charge >= 0.3 is 6.09 Å². The number of anilines is 1. The third-order valence-electron chi connectivity index (χ3n) is 2.46. The van der Waals surface area contributed by atoms with Crippen LogP contribution in [-0.2, 0) is 4.74 Å². The van der Waals surface area contributed by atoms with Crippen LogP contribution in [0, 0.1) is 6.92 Å². The Morgan fingerprint density at radius 3 is 2.60 bits per heavy atom. The molecular weight excluding hydrogens is 320 g/mol. The topological polar surface area (TPSA) is 50.4 Å². The van der Waals surface area contributed by atoms with Crippen molar-refractivity contribution in [1.29, 1.82) is 0 Å². The van der Waals surface area contributed by atoms with Crippen molar-refractivity contribution in [2.45, 2.75) is 39.7 Å². The Balaban J connectivity index is 2.21. The van der Waals surface area contributed by atoms with E-state index in [2.05, 4.69) is 45.6 Å². The lowest BCUT2D eigenvalue weighted by Crippen LogP contribution is -2.33. The first-order valence-electron chi connectivity index (χ1n) is 6.75. The molecule has 0 saturated heterocycles. The fraction of sp³-hybridized carbons (Fsp3) is 0.533. The van der Waals surface area contributed by atoms with Gasteiger partial charge in [0.05, 0.1) is 0 Å². The molecule has 0 aliphatic rings. The number of benzene rings is 1. The number of aryl methyl sites for hydroxylation is 1. The van der Waals surface area contributed by atoms with E-state index in [1.807, 2.05) is 26.8 Å². The molecule has 0 heterocycles. The Hall–Kier alpha value is -1.23. The van der Waals surface area contributed by atoms with E-state index >= 15 is 0 Å². The van der Waals surface area contributed by atoms with Gasteiger partial charge in [0.25, 0.3) is 0 Å². The molecule has 0 bridgehead atoms. The molecule has 5 heteroatoms. The quantitative estimate of drug-likeness (QED) is 0.792. The highest BCUT2D eigenvalue weighted by molar-refractivity contribution is 9.10. The SMILES string of the molecule is Cc1ccc(NCCCNC(=O)OC(C)(C)C)c(Br)c1. The molecule has 1 aromatic carbocycles. The molecular formula is C15H23BrN2O2. The van der Waals surface area contributed by atoms with E-state index in [1.165, 1.54) is 5.56 Å². The van der Waals surface area contributed by atoms with Crippen LogP contribution in [-0.4, -0.2) is 24.8 Å². The predicted octanol–water partition coefficient (Wildman–Crippen LogP) is 4.08. The van der Waals surface area contributed by atoms with Crippen molar-refractivity contribution in [3.05, 3.63) is 28.2 Å². The highest BCUT2D eigenvalue weighted by Gasteiger charge is 2.15. The fourth-order valence-electron chi connectivity index (χ4n) is 1.58. The summed E-state index contributed by atoms with van der Waals surface area (Å²) < 4.78 is 6.21. The van der Waals surface area contributed by atoms with Crippen molar-refractivity contribution in [2.75, 3.05) is 18.4 Å². The van der Waals surface area contributed by atoms with Crippen LogP contribution >= 0.6 is 15.9 Å². The average molecular weight is 343 g/mol. The zero-order valence-electron chi connectivity index (χ0n) is 12.5. The Bertz CT molecular complexity index is 456. The summed E-state index contributed by atoms with van der Waals surface area (Å²) in [5.74, 6) is 0. The molecule has 0 aliphatic carbocycles. The van der Waals surface area contributed by atoms with E-state index in [9.17, 15) is 4.79 Å². The molecule has 112 valence electrons. The first-order chi connectivity index (χ1) is 9.28. The second-order valence-electron chi connectivity index (χ2n) is 5.69. The van der Waals surface area contributed by atoms with E-state index in [4.69, 9.17) is 4.74 Å². The standard InChI is InChI=1S/C15H23BrN2O2/c1-11-6-7-13(12(16)10-11)17-8-5-9-18-14(19)20-15(2,3)4/h6-7,10,17H,5,8-9H2,1-4H3,(H,18,19). The minimum absolute atomic E-state index is 0.367. The molecule has 0 fully saturated rings. The Kier molecular flexibility index (Phi) is 6.33. The number of alkyl carbamates (subject to hydrolysis) is 1. The van der Waals surface area contributed by atoms with Crippen molar-refractivity contribution in [3.8, 4) is 0 Å². The van der Waals surface area contributed by atoms with Crippen LogP contribution in [0.1, 0.15) is 32.8 Å². The number of nitrogens with one attached hydrogen (secondary N) is 2. The van der Waals surface area contributed by atoms with E-state index in [-0.39, 0.29) is 6.09 Å². The third kappa shape index (κ3) is 6.80. The molecule has 1 amide bonds. The molecule has 0 saturated carbocycles. The summed E-state index contributed by atoms with van der Waals surface area (Å²) >= 11 is 3.52. The highest BCUT2D eigenvalue weighted by atomic mass is 79.9. The molecule has 0 aromatic heterocycles. The summed E-state index contributed by atoms with van der Waals surface area (Å²) in [7, 11) is 0. The summed E-state index contributed by atoms with van der Waals surface area (Å²) in [6, 6.07) is 6.17. The fourth-order valence-corrected chi connectivity index (χ4v) is 2.21. The second kappa shape index (κ2) is 7.53.